The van der Waals surface area contributed by atoms with Gasteiger partial charge in [0.2, 0.25) is 0 Å². The monoisotopic (exact) mass is 165 g/mol. The summed E-state index contributed by atoms with van der Waals surface area (Å²) in [6, 6.07) is 6.17. The summed E-state index contributed by atoms with van der Waals surface area (Å²) >= 11 is 2.03. The van der Waals surface area contributed by atoms with Crippen molar-refractivity contribution < 1.29 is 0 Å². The molecule has 1 aliphatic heterocycles. The van der Waals surface area contributed by atoms with Crippen LogP contribution in [0, 0.1) is 0 Å². The zero-order chi connectivity index (χ0) is 7.52. The van der Waals surface area contributed by atoms with E-state index in [0.29, 0.717) is 5.25 Å². The predicted octanol–water partition coefficient (Wildman–Crippen LogP) is 2.65. The molecule has 0 aromatic carbocycles. The van der Waals surface area contributed by atoms with Crippen LogP contribution in [0.1, 0.15) is 23.8 Å². The Bertz CT molecular complexity index is 216. The fourth-order valence-electron chi connectivity index (χ4n) is 1.38. The highest BCUT2D eigenvalue weighted by molar-refractivity contribution is 7.99. The van der Waals surface area contributed by atoms with Crippen molar-refractivity contribution in [3.63, 3.8) is 0 Å². The van der Waals surface area contributed by atoms with Gasteiger partial charge in [-0.25, -0.2) is 0 Å². The molecular weight excluding hydrogens is 154 g/mol. The average Bonchev–Trinajstić information content (AvgIpc) is 2.58. The molecule has 0 amide bonds. The Morgan fingerprint density at radius 1 is 1.45 bits per heavy atom. The molecule has 1 nitrogen and oxygen atoms in total. The van der Waals surface area contributed by atoms with Gasteiger partial charge in [-0.3, -0.25) is 4.98 Å². The fraction of sp³-hybridized carbons (Fsp3) is 0.444. The van der Waals surface area contributed by atoms with E-state index >= 15 is 0 Å². The molecule has 1 aromatic heterocycles. The summed E-state index contributed by atoms with van der Waals surface area (Å²) in [7, 11) is 0. The summed E-state index contributed by atoms with van der Waals surface area (Å²) < 4.78 is 0. The summed E-state index contributed by atoms with van der Waals surface area (Å²) in [6.45, 7) is 0. The Morgan fingerprint density at radius 2 is 2.45 bits per heavy atom. The predicted molar refractivity (Wildman–Crippen MR) is 48.7 cm³/mol. The van der Waals surface area contributed by atoms with Crippen LogP contribution in [0.2, 0.25) is 0 Å². The van der Waals surface area contributed by atoms with E-state index in [1.54, 1.807) is 0 Å². The number of nitrogens with zero attached hydrogens (tertiary/aromatic N) is 1. The first-order valence-corrected chi connectivity index (χ1v) is 5.04. The summed E-state index contributed by atoms with van der Waals surface area (Å²) in [4.78, 5) is 4.34. The van der Waals surface area contributed by atoms with E-state index < -0.39 is 0 Å². The van der Waals surface area contributed by atoms with Gasteiger partial charge in [-0.2, -0.15) is 11.8 Å². The van der Waals surface area contributed by atoms with Crippen molar-refractivity contribution in [2.24, 2.45) is 0 Å². The summed E-state index contributed by atoms with van der Waals surface area (Å²) in [5, 5.41) is 0.677. The van der Waals surface area contributed by atoms with Crippen molar-refractivity contribution in [3.8, 4) is 0 Å². The van der Waals surface area contributed by atoms with Gasteiger partial charge >= 0.3 is 0 Å². The molecule has 1 aromatic rings. The topological polar surface area (TPSA) is 12.9 Å². The molecule has 0 radical (unpaired) electrons. The van der Waals surface area contributed by atoms with Crippen LogP contribution in [0.5, 0.6) is 0 Å². The van der Waals surface area contributed by atoms with Crippen molar-refractivity contribution >= 4 is 11.8 Å². The maximum Gasteiger partial charge on any atom is 0.0533 e. The van der Waals surface area contributed by atoms with Crippen molar-refractivity contribution in [3.05, 3.63) is 30.1 Å². The molecule has 1 aliphatic rings. The van der Waals surface area contributed by atoms with Gasteiger partial charge in [0, 0.05) is 11.4 Å². The third-order valence-electron chi connectivity index (χ3n) is 1.95. The minimum atomic E-state index is 0.677. The SMILES string of the molecule is c1ccc(C2CCCS2)nc1. The van der Waals surface area contributed by atoms with Gasteiger partial charge < -0.3 is 0 Å². The van der Waals surface area contributed by atoms with Crippen LogP contribution in [0.15, 0.2) is 24.4 Å². The van der Waals surface area contributed by atoms with E-state index in [0.717, 1.165) is 0 Å². The molecule has 1 saturated heterocycles. The van der Waals surface area contributed by atoms with Crippen molar-refractivity contribution in [2.75, 3.05) is 5.75 Å². The molecule has 1 fully saturated rings. The first-order chi connectivity index (χ1) is 5.47. The first kappa shape index (κ1) is 7.17. The lowest BCUT2D eigenvalue weighted by Gasteiger charge is -2.05. The molecule has 1 unspecified atom stereocenters. The molecule has 0 bridgehead atoms. The maximum absolute atomic E-state index is 4.34. The van der Waals surface area contributed by atoms with Crippen LogP contribution >= 0.6 is 11.8 Å². The van der Waals surface area contributed by atoms with Crippen LogP contribution in [0.25, 0.3) is 0 Å². The van der Waals surface area contributed by atoms with Gasteiger partial charge in [0.15, 0.2) is 0 Å². The fourth-order valence-corrected chi connectivity index (χ4v) is 2.64. The van der Waals surface area contributed by atoms with Crippen LogP contribution < -0.4 is 0 Å². The Morgan fingerprint density at radius 3 is 3.09 bits per heavy atom. The number of aromatic nitrogens is 1. The molecule has 2 heteroatoms. The smallest absolute Gasteiger partial charge is 0.0533 e. The first-order valence-electron chi connectivity index (χ1n) is 3.99. The normalized spacial score (nSPS) is 23.8. The highest BCUT2D eigenvalue weighted by Gasteiger charge is 2.17. The van der Waals surface area contributed by atoms with E-state index in [2.05, 4.69) is 17.1 Å². The third-order valence-corrected chi connectivity index (χ3v) is 3.35. The van der Waals surface area contributed by atoms with Crippen LogP contribution in [0.4, 0.5) is 0 Å². The molecular formula is C9H11NS. The lowest BCUT2D eigenvalue weighted by Crippen LogP contribution is -1.90. The van der Waals surface area contributed by atoms with E-state index in [1.165, 1.54) is 24.3 Å². The number of pyridine rings is 1. The number of rotatable bonds is 1. The van der Waals surface area contributed by atoms with Crippen molar-refractivity contribution in [1.82, 2.24) is 4.98 Å². The van der Waals surface area contributed by atoms with Gasteiger partial charge in [-0.1, -0.05) is 6.07 Å². The molecule has 0 aliphatic carbocycles. The molecule has 1 atom stereocenters. The lowest BCUT2D eigenvalue weighted by atomic mass is 10.2. The highest BCUT2D eigenvalue weighted by atomic mass is 32.2. The van der Waals surface area contributed by atoms with Gasteiger partial charge in [-0.05, 0) is 30.7 Å². The largest absolute Gasteiger partial charge is 0.260 e. The van der Waals surface area contributed by atoms with Gasteiger partial charge in [0.25, 0.3) is 0 Å². The number of thioether (sulfide) groups is 1. The van der Waals surface area contributed by atoms with E-state index in [1.807, 2.05) is 24.0 Å². The lowest BCUT2D eigenvalue weighted by molar-refractivity contribution is 0.807. The second-order valence-corrected chi connectivity index (χ2v) is 4.07. The molecule has 11 heavy (non-hydrogen) atoms. The van der Waals surface area contributed by atoms with E-state index in [-0.39, 0.29) is 0 Å². The number of hydrogen-bond acceptors (Lipinski definition) is 2. The second-order valence-electron chi connectivity index (χ2n) is 2.76. The Labute approximate surface area is 71.2 Å². The molecule has 58 valence electrons. The Kier molecular flexibility index (Phi) is 2.13. The van der Waals surface area contributed by atoms with Crippen molar-refractivity contribution in [1.29, 1.82) is 0 Å². The van der Waals surface area contributed by atoms with Crippen LogP contribution in [0.3, 0.4) is 0 Å². The minimum Gasteiger partial charge on any atom is -0.260 e. The molecule has 0 spiro atoms. The second kappa shape index (κ2) is 3.26. The van der Waals surface area contributed by atoms with E-state index in [4.69, 9.17) is 0 Å². The molecule has 2 heterocycles. The third kappa shape index (κ3) is 1.56. The molecule has 0 N–H and O–H groups in total. The minimum absolute atomic E-state index is 0.677. The zero-order valence-electron chi connectivity index (χ0n) is 6.36. The molecule has 0 saturated carbocycles. The average molecular weight is 165 g/mol. The Hall–Kier alpha value is -0.500. The van der Waals surface area contributed by atoms with Crippen LogP contribution in [-0.4, -0.2) is 10.7 Å². The van der Waals surface area contributed by atoms with Gasteiger partial charge in [0.05, 0.1) is 5.69 Å². The highest BCUT2D eigenvalue weighted by Crippen LogP contribution is 2.38. The van der Waals surface area contributed by atoms with E-state index in [9.17, 15) is 0 Å². The maximum atomic E-state index is 4.34. The molecule has 2 rings (SSSR count). The number of hydrogen-bond donors (Lipinski definition) is 0. The summed E-state index contributed by atoms with van der Waals surface area (Å²) in [5.74, 6) is 1.31. The standard InChI is InChI=1S/C9H11NS/c1-2-6-10-8(4-1)9-5-3-7-11-9/h1-2,4,6,9H,3,5,7H2. The van der Waals surface area contributed by atoms with Crippen LogP contribution in [-0.2, 0) is 0 Å². The van der Waals surface area contributed by atoms with Gasteiger partial charge in [-0.15, -0.1) is 0 Å². The summed E-state index contributed by atoms with van der Waals surface area (Å²) in [5.41, 5.74) is 1.26. The quantitative estimate of drug-likeness (QED) is 0.634. The summed E-state index contributed by atoms with van der Waals surface area (Å²) in [6.07, 6.45) is 4.54. The van der Waals surface area contributed by atoms with Crippen molar-refractivity contribution in [2.45, 2.75) is 18.1 Å². The van der Waals surface area contributed by atoms with Gasteiger partial charge in [0.1, 0.15) is 0 Å². The zero-order valence-corrected chi connectivity index (χ0v) is 7.18. The Balaban J connectivity index is 2.16.